The SMILES string of the molecule is CCCCOc1cccc(C(=O)NC(=S)Nc2cc(-c3nc4ccccc4o3)ccc2Cl)c1. The summed E-state index contributed by atoms with van der Waals surface area (Å²) in [7, 11) is 0. The summed E-state index contributed by atoms with van der Waals surface area (Å²) < 4.78 is 11.5. The number of halogens is 1. The van der Waals surface area contributed by atoms with Gasteiger partial charge in [0.2, 0.25) is 5.89 Å². The van der Waals surface area contributed by atoms with Crippen LogP contribution in [-0.2, 0) is 0 Å². The first-order chi connectivity index (χ1) is 16.0. The molecule has 1 aromatic heterocycles. The van der Waals surface area contributed by atoms with E-state index >= 15 is 0 Å². The van der Waals surface area contributed by atoms with Crippen molar-refractivity contribution in [2.75, 3.05) is 11.9 Å². The van der Waals surface area contributed by atoms with Gasteiger partial charge in [0.05, 0.1) is 17.3 Å². The first-order valence-electron chi connectivity index (χ1n) is 10.5. The number of carbonyl (C=O) groups excluding carboxylic acids is 1. The Labute approximate surface area is 201 Å². The maximum Gasteiger partial charge on any atom is 0.257 e. The Bertz CT molecular complexity index is 1270. The van der Waals surface area contributed by atoms with Crippen molar-refractivity contribution in [2.45, 2.75) is 19.8 Å². The van der Waals surface area contributed by atoms with Crippen LogP contribution in [0.4, 0.5) is 5.69 Å². The molecule has 0 fully saturated rings. The predicted molar refractivity (Wildman–Crippen MR) is 135 cm³/mol. The number of ether oxygens (including phenoxy) is 1. The van der Waals surface area contributed by atoms with E-state index in [4.69, 9.17) is 33.0 Å². The lowest BCUT2D eigenvalue weighted by atomic mass is 10.2. The molecule has 0 atom stereocenters. The summed E-state index contributed by atoms with van der Waals surface area (Å²) in [5.41, 5.74) is 3.16. The Morgan fingerprint density at radius 3 is 2.79 bits per heavy atom. The zero-order valence-electron chi connectivity index (χ0n) is 17.9. The van der Waals surface area contributed by atoms with E-state index in [9.17, 15) is 4.79 Å². The van der Waals surface area contributed by atoms with Crippen molar-refractivity contribution in [1.29, 1.82) is 0 Å². The molecular weight excluding hydrogens is 458 g/mol. The maximum atomic E-state index is 12.6. The number of nitrogens with one attached hydrogen (secondary N) is 2. The van der Waals surface area contributed by atoms with Gasteiger partial charge >= 0.3 is 0 Å². The van der Waals surface area contributed by atoms with Crippen molar-refractivity contribution in [2.24, 2.45) is 0 Å². The van der Waals surface area contributed by atoms with Crippen LogP contribution in [-0.4, -0.2) is 22.6 Å². The number of carbonyl (C=O) groups is 1. The van der Waals surface area contributed by atoms with Crippen molar-refractivity contribution < 1.29 is 13.9 Å². The summed E-state index contributed by atoms with van der Waals surface area (Å²) in [6.07, 6.45) is 1.99. The second-order valence-corrected chi connectivity index (χ2v) is 8.13. The average Bonchev–Trinajstić information content (AvgIpc) is 3.25. The number of amides is 1. The van der Waals surface area contributed by atoms with Gasteiger partial charge in [0.25, 0.3) is 5.91 Å². The van der Waals surface area contributed by atoms with E-state index in [-0.39, 0.29) is 11.0 Å². The zero-order valence-corrected chi connectivity index (χ0v) is 19.5. The van der Waals surface area contributed by atoms with Crippen LogP contribution in [0, 0.1) is 0 Å². The number of fused-ring (bicyclic) bond motifs is 1. The van der Waals surface area contributed by atoms with Crippen molar-refractivity contribution in [1.82, 2.24) is 10.3 Å². The van der Waals surface area contributed by atoms with Crippen LogP contribution in [0.25, 0.3) is 22.6 Å². The molecule has 4 rings (SSSR count). The summed E-state index contributed by atoms with van der Waals surface area (Å²) in [5, 5.41) is 6.22. The third-order valence-corrected chi connectivity index (χ3v) is 5.38. The molecule has 3 aromatic carbocycles. The van der Waals surface area contributed by atoms with Gasteiger partial charge in [-0.05, 0) is 67.2 Å². The molecule has 168 valence electrons. The third-order valence-electron chi connectivity index (χ3n) is 4.85. The smallest absolute Gasteiger partial charge is 0.257 e. The quantitative estimate of drug-likeness (QED) is 0.234. The van der Waals surface area contributed by atoms with Gasteiger partial charge in [-0.2, -0.15) is 0 Å². The van der Waals surface area contributed by atoms with Crippen LogP contribution in [0.3, 0.4) is 0 Å². The molecule has 33 heavy (non-hydrogen) atoms. The molecule has 0 aliphatic heterocycles. The van der Waals surface area contributed by atoms with Crippen molar-refractivity contribution in [3.8, 4) is 17.2 Å². The van der Waals surface area contributed by atoms with Crippen LogP contribution in [0.15, 0.2) is 71.1 Å². The first-order valence-corrected chi connectivity index (χ1v) is 11.3. The normalized spacial score (nSPS) is 10.7. The highest BCUT2D eigenvalue weighted by atomic mass is 35.5. The van der Waals surface area contributed by atoms with E-state index in [2.05, 4.69) is 22.5 Å². The minimum absolute atomic E-state index is 0.119. The second-order valence-electron chi connectivity index (χ2n) is 7.32. The standard InChI is InChI=1S/C25H22ClN3O3S/c1-2-3-13-31-18-8-6-7-16(14-18)23(30)29-25(33)28-21-15-17(11-12-19(21)26)24-27-20-9-4-5-10-22(20)32-24/h4-12,14-15H,2-3,13H2,1H3,(H2,28,29,30,33). The highest BCUT2D eigenvalue weighted by Gasteiger charge is 2.13. The van der Waals surface area contributed by atoms with Gasteiger partial charge < -0.3 is 14.5 Å². The minimum Gasteiger partial charge on any atom is -0.494 e. The fourth-order valence-corrected chi connectivity index (χ4v) is 3.51. The van der Waals surface area contributed by atoms with Crippen LogP contribution in [0.2, 0.25) is 5.02 Å². The highest BCUT2D eigenvalue weighted by molar-refractivity contribution is 7.80. The van der Waals surface area contributed by atoms with Gasteiger partial charge in [-0.15, -0.1) is 0 Å². The first kappa shape index (κ1) is 22.8. The number of nitrogens with zero attached hydrogens (tertiary/aromatic N) is 1. The van der Waals surface area contributed by atoms with Crippen molar-refractivity contribution >= 4 is 51.6 Å². The average molecular weight is 480 g/mol. The summed E-state index contributed by atoms with van der Waals surface area (Å²) in [6.45, 7) is 2.70. The molecule has 0 saturated carbocycles. The molecule has 6 nitrogen and oxygen atoms in total. The topological polar surface area (TPSA) is 76.4 Å². The number of aromatic nitrogens is 1. The van der Waals surface area contributed by atoms with E-state index in [1.807, 2.05) is 36.4 Å². The number of unbranched alkanes of at least 4 members (excludes halogenated alkanes) is 1. The lowest BCUT2D eigenvalue weighted by Crippen LogP contribution is -2.34. The van der Waals surface area contributed by atoms with E-state index in [1.165, 1.54) is 0 Å². The van der Waals surface area contributed by atoms with E-state index in [0.717, 1.165) is 23.9 Å². The lowest BCUT2D eigenvalue weighted by molar-refractivity contribution is 0.0977. The highest BCUT2D eigenvalue weighted by Crippen LogP contribution is 2.30. The number of hydrogen-bond acceptors (Lipinski definition) is 5. The van der Waals surface area contributed by atoms with Crippen molar-refractivity contribution in [3.05, 3.63) is 77.3 Å². The number of oxazole rings is 1. The summed E-state index contributed by atoms with van der Waals surface area (Å²) in [4.78, 5) is 17.2. The Kier molecular flexibility index (Phi) is 7.22. The second kappa shape index (κ2) is 10.5. The zero-order chi connectivity index (χ0) is 23.2. The molecule has 0 aliphatic rings. The van der Waals surface area contributed by atoms with Gasteiger partial charge in [0.1, 0.15) is 11.3 Å². The van der Waals surface area contributed by atoms with Crippen LogP contribution < -0.4 is 15.4 Å². The van der Waals surface area contributed by atoms with E-state index in [0.29, 0.717) is 40.1 Å². The number of hydrogen-bond donors (Lipinski definition) is 2. The number of thiocarbonyl (C=S) groups is 1. The Morgan fingerprint density at radius 2 is 1.97 bits per heavy atom. The largest absolute Gasteiger partial charge is 0.494 e. The number of benzene rings is 3. The van der Waals surface area contributed by atoms with Gasteiger partial charge in [-0.1, -0.05) is 43.1 Å². The molecular formula is C25H22ClN3O3S. The van der Waals surface area contributed by atoms with Gasteiger partial charge in [-0.3, -0.25) is 10.1 Å². The third kappa shape index (κ3) is 5.69. The molecule has 4 aromatic rings. The molecule has 2 N–H and O–H groups in total. The van der Waals surface area contributed by atoms with Gasteiger partial charge in [0.15, 0.2) is 10.7 Å². The molecule has 0 bridgehead atoms. The van der Waals surface area contributed by atoms with Crippen LogP contribution in [0.5, 0.6) is 5.75 Å². The summed E-state index contributed by atoms with van der Waals surface area (Å²) in [5.74, 6) is 0.759. The molecule has 0 radical (unpaired) electrons. The molecule has 0 spiro atoms. The van der Waals surface area contributed by atoms with Crippen LogP contribution >= 0.6 is 23.8 Å². The summed E-state index contributed by atoms with van der Waals surface area (Å²) >= 11 is 11.7. The maximum absolute atomic E-state index is 12.6. The van der Waals surface area contributed by atoms with E-state index in [1.54, 1.807) is 30.3 Å². The fraction of sp³-hybridized carbons (Fsp3) is 0.160. The number of anilines is 1. The molecule has 0 unspecified atom stereocenters. The Hall–Kier alpha value is -3.42. The van der Waals surface area contributed by atoms with E-state index < -0.39 is 0 Å². The Balaban J connectivity index is 1.44. The fourth-order valence-electron chi connectivity index (χ4n) is 3.14. The van der Waals surface area contributed by atoms with Crippen LogP contribution in [0.1, 0.15) is 30.1 Å². The molecule has 1 amide bonds. The predicted octanol–water partition coefficient (Wildman–Crippen LogP) is 6.45. The van der Waals surface area contributed by atoms with Gasteiger partial charge in [-0.25, -0.2) is 4.98 Å². The van der Waals surface area contributed by atoms with Crippen molar-refractivity contribution in [3.63, 3.8) is 0 Å². The summed E-state index contributed by atoms with van der Waals surface area (Å²) in [6, 6.07) is 19.8. The molecule has 8 heteroatoms. The molecule has 1 heterocycles. The lowest BCUT2D eigenvalue weighted by Gasteiger charge is -2.12. The molecule has 0 aliphatic carbocycles. The monoisotopic (exact) mass is 479 g/mol. The molecule has 0 saturated heterocycles. The number of para-hydroxylation sites is 2. The number of rotatable bonds is 7. The van der Waals surface area contributed by atoms with Gasteiger partial charge in [0, 0.05) is 11.1 Å². The minimum atomic E-state index is -0.348. The Morgan fingerprint density at radius 1 is 1.12 bits per heavy atom.